The van der Waals surface area contributed by atoms with Gasteiger partial charge in [0.25, 0.3) is 0 Å². The van der Waals surface area contributed by atoms with Crippen LogP contribution >= 0.6 is 0 Å². The van der Waals surface area contributed by atoms with E-state index in [-0.39, 0.29) is 29.8 Å². The van der Waals surface area contributed by atoms with E-state index in [1.54, 1.807) is 22.2 Å². The Morgan fingerprint density at radius 1 is 0.717 bits per heavy atom. The van der Waals surface area contributed by atoms with Gasteiger partial charge in [-0.1, -0.05) is 69.3 Å². The summed E-state index contributed by atoms with van der Waals surface area (Å²) in [6.45, 7) is 6.85. The molecule has 53 heavy (non-hydrogen) atoms. The van der Waals surface area contributed by atoms with E-state index in [0.29, 0.717) is 19.5 Å². The van der Waals surface area contributed by atoms with Crippen LogP contribution in [0.25, 0.3) is 33.6 Å². The molecule has 0 unspecified atom stereocenters. The third kappa shape index (κ3) is 8.06. The van der Waals surface area contributed by atoms with Gasteiger partial charge in [-0.05, 0) is 60.3 Å². The average Bonchev–Trinajstić information content (AvgIpc) is 4.02. The maximum atomic E-state index is 13.5. The third-order valence-electron chi connectivity index (χ3n) is 10.2. The van der Waals surface area contributed by atoms with Crippen LogP contribution in [0.1, 0.15) is 76.6 Å². The molecule has 0 bridgehead atoms. The van der Waals surface area contributed by atoms with E-state index in [1.165, 1.54) is 14.2 Å². The summed E-state index contributed by atoms with van der Waals surface area (Å²) in [6, 6.07) is 14.7. The number of ether oxygens (including phenoxy) is 2. The molecule has 0 spiro atoms. The summed E-state index contributed by atoms with van der Waals surface area (Å²) in [7, 11) is 2.57. The number of imidazole rings is 2. The van der Waals surface area contributed by atoms with Crippen molar-refractivity contribution in [3.63, 3.8) is 0 Å². The van der Waals surface area contributed by atoms with Gasteiger partial charge < -0.3 is 39.9 Å². The molecule has 2 aliphatic rings. The van der Waals surface area contributed by atoms with E-state index in [1.807, 2.05) is 45.0 Å². The lowest BCUT2D eigenvalue weighted by Crippen LogP contribution is -2.51. The molecule has 4 amide bonds. The molecule has 0 aliphatic carbocycles. The van der Waals surface area contributed by atoms with Gasteiger partial charge in [0.1, 0.15) is 23.7 Å². The van der Waals surface area contributed by atoms with Gasteiger partial charge in [0.15, 0.2) is 0 Å². The number of likely N-dealkylation sites (tertiary alicyclic amines) is 2. The molecule has 0 radical (unpaired) electrons. The largest absolute Gasteiger partial charge is 0.453 e. The number of aromatic amines is 2. The number of carbonyl (C=O) groups excluding carboxylic acids is 4. The molecule has 0 saturated carbocycles. The number of alkyl carbamates (subject to hydrolysis) is 2. The molecule has 4 atom stereocenters. The summed E-state index contributed by atoms with van der Waals surface area (Å²) in [5.74, 6) is 1.07. The Labute approximate surface area is 309 Å². The van der Waals surface area contributed by atoms with E-state index >= 15 is 0 Å². The summed E-state index contributed by atoms with van der Waals surface area (Å²) in [6.07, 6.45) is 6.08. The molecule has 4 heterocycles. The summed E-state index contributed by atoms with van der Waals surface area (Å²) in [5, 5.41) is 5.33. The second kappa shape index (κ2) is 16.3. The number of carbonyl (C=O) groups is 4. The Hall–Kier alpha value is -5.66. The minimum absolute atomic E-state index is 0.103. The summed E-state index contributed by atoms with van der Waals surface area (Å²) >= 11 is 0. The van der Waals surface area contributed by atoms with Crippen molar-refractivity contribution in [1.82, 2.24) is 40.4 Å². The zero-order valence-electron chi connectivity index (χ0n) is 30.8. The van der Waals surface area contributed by atoms with Gasteiger partial charge >= 0.3 is 12.2 Å². The molecule has 6 rings (SSSR count). The van der Waals surface area contributed by atoms with Crippen molar-refractivity contribution in [3.05, 3.63) is 72.6 Å². The number of aromatic nitrogens is 4. The number of nitrogens with zero attached hydrogens (tertiary/aromatic N) is 4. The van der Waals surface area contributed by atoms with Crippen molar-refractivity contribution in [2.45, 2.75) is 77.0 Å². The SMILES string of the molecule is CC[C@H](NC(=O)OC)C(=O)N1CCC[C@H]1c1ncc(-c2ccc(-c3ccc(-c4cnc([C@@H]5CCCN5C(=O)[C@@H](NC(=O)OC)C(C)C)[nH]4)cc3)cc2)[nH]1. The summed E-state index contributed by atoms with van der Waals surface area (Å²) < 4.78 is 9.45. The average molecular weight is 725 g/mol. The maximum absolute atomic E-state index is 13.5. The Kier molecular flexibility index (Phi) is 11.4. The molecule has 280 valence electrons. The molecule has 14 heteroatoms. The van der Waals surface area contributed by atoms with E-state index in [4.69, 9.17) is 9.47 Å². The molecule has 2 aromatic carbocycles. The van der Waals surface area contributed by atoms with Crippen LogP contribution < -0.4 is 10.6 Å². The Morgan fingerprint density at radius 2 is 1.15 bits per heavy atom. The number of amides is 4. The number of nitrogens with one attached hydrogen (secondary N) is 4. The lowest BCUT2D eigenvalue weighted by atomic mass is 10.0. The second-order valence-corrected chi connectivity index (χ2v) is 13.9. The number of hydrogen-bond donors (Lipinski definition) is 4. The highest BCUT2D eigenvalue weighted by molar-refractivity contribution is 5.87. The smallest absolute Gasteiger partial charge is 0.407 e. The first-order valence-corrected chi connectivity index (χ1v) is 18.2. The van der Waals surface area contributed by atoms with Crippen molar-refractivity contribution in [1.29, 1.82) is 0 Å². The minimum atomic E-state index is -0.686. The standard InChI is InChI=1S/C39H48N8O6/c1-6-28(44-38(50)52-4)36(48)46-19-7-9-31(46)34-40-21-29(42-34)26-15-11-24(12-16-26)25-13-17-27(18-14-25)30-22-41-35(43-30)32-10-8-20-47(32)37(49)33(23(2)3)45-39(51)53-5/h11-18,21-23,28,31-33H,6-10,19-20H2,1-5H3,(H,40,42)(H,41,43)(H,44,50)(H,45,51)/t28-,31-,32-,33-/m0/s1. The van der Waals surface area contributed by atoms with E-state index < -0.39 is 24.3 Å². The van der Waals surface area contributed by atoms with Crippen LogP contribution in [-0.2, 0) is 19.1 Å². The first-order chi connectivity index (χ1) is 25.6. The van der Waals surface area contributed by atoms with E-state index in [0.717, 1.165) is 71.0 Å². The highest BCUT2D eigenvalue weighted by Crippen LogP contribution is 2.35. The Bertz CT molecular complexity index is 1900. The molecular weight excluding hydrogens is 676 g/mol. The second-order valence-electron chi connectivity index (χ2n) is 13.9. The fourth-order valence-electron chi connectivity index (χ4n) is 7.24. The van der Waals surface area contributed by atoms with Crippen LogP contribution in [0.15, 0.2) is 60.9 Å². The fraction of sp³-hybridized carbons (Fsp3) is 0.436. The summed E-state index contributed by atoms with van der Waals surface area (Å²) in [4.78, 5) is 70.3. The topological polar surface area (TPSA) is 175 Å². The Balaban J connectivity index is 1.10. The molecule has 2 saturated heterocycles. The summed E-state index contributed by atoms with van der Waals surface area (Å²) in [5.41, 5.74) is 5.78. The van der Waals surface area contributed by atoms with Gasteiger partial charge in [0.2, 0.25) is 11.8 Å². The number of rotatable bonds is 11. The van der Waals surface area contributed by atoms with Gasteiger partial charge in [-0.25, -0.2) is 19.6 Å². The van der Waals surface area contributed by atoms with Crippen LogP contribution in [0.3, 0.4) is 0 Å². The normalized spacial score (nSPS) is 18.2. The zero-order valence-corrected chi connectivity index (χ0v) is 30.8. The third-order valence-corrected chi connectivity index (χ3v) is 10.2. The molecule has 2 aliphatic heterocycles. The molecule has 2 aromatic heterocycles. The van der Waals surface area contributed by atoms with E-state index in [9.17, 15) is 19.2 Å². The van der Waals surface area contributed by atoms with Gasteiger partial charge in [-0.3, -0.25) is 9.59 Å². The molecule has 4 aromatic rings. The first kappa shape index (κ1) is 37.1. The molecule has 14 nitrogen and oxygen atoms in total. The monoisotopic (exact) mass is 724 g/mol. The van der Waals surface area contributed by atoms with Crippen molar-refractivity contribution >= 4 is 24.0 Å². The van der Waals surface area contributed by atoms with Crippen LogP contribution in [0, 0.1) is 5.92 Å². The Morgan fingerprint density at radius 3 is 1.58 bits per heavy atom. The molecule has 4 N–H and O–H groups in total. The number of benzene rings is 2. The minimum Gasteiger partial charge on any atom is -0.453 e. The predicted octanol–water partition coefficient (Wildman–Crippen LogP) is 5.98. The van der Waals surface area contributed by atoms with Gasteiger partial charge in [-0.15, -0.1) is 0 Å². The van der Waals surface area contributed by atoms with Crippen molar-refractivity contribution in [3.8, 4) is 33.6 Å². The van der Waals surface area contributed by atoms with Gasteiger partial charge in [-0.2, -0.15) is 0 Å². The zero-order chi connectivity index (χ0) is 37.6. The number of hydrogen-bond acceptors (Lipinski definition) is 8. The van der Waals surface area contributed by atoms with Crippen molar-refractivity contribution in [2.75, 3.05) is 27.3 Å². The lowest BCUT2D eigenvalue weighted by Gasteiger charge is -2.30. The highest BCUT2D eigenvalue weighted by Gasteiger charge is 2.38. The van der Waals surface area contributed by atoms with Crippen LogP contribution in [0.4, 0.5) is 9.59 Å². The van der Waals surface area contributed by atoms with Gasteiger partial charge in [0.05, 0.1) is 50.1 Å². The van der Waals surface area contributed by atoms with Crippen LogP contribution in [0.5, 0.6) is 0 Å². The predicted molar refractivity (Wildman–Crippen MR) is 198 cm³/mol. The molecule has 2 fully saturated rings. The van der Waals surface area contributed by atoms with Crippen LogP contribution in [-0.4, -0.2) is 93.1 Å². The van der Waals surface area contributed by atoms with Crippen LogP contribution in [0.2, 0.25) is 0 Å². The van der Waals surface area contributed by atoms with Gasteiger partial charge in [0, 0.05) is 13.1 Å². The highest BCUT2D eigenvalue weighted by atomic mass is 16.5. The number of H-pyrrole nitrogens is 2. The number of methoxy groups -OCH3 is 2. The van der Waals surface area contributed by atoms with E-state index in [2.05, 4.69) is 54.8 Å². The first-order valence-electron chi connectivity index (χ1n) is 18.2. The lowest BCUT2D eigenvalue weighted by molar-refractivity contribution is -0.135. The quantitative estimate of drug-likeness (QED) is 0.146. The molecular formula is C39H48N8O6. The maximum Gasteiger partial charge on any atom is 0.407 e. The fourth-order valence-corrected chi connectivity index (χ4v) is 7.24. The van der Waals surface area contributed by atoms with Crippen molar-refractivity contribution in [2.24, 2.45) is 5.92 Å². The van der Waals surface area contributed by atoms with Crippen molar-refractivity contribution < 1.29 is 28.7 Å².